The van der Waals surface area contributed by atoms with Gasteiger partial charge in [0.05, 0.1) is 11.9 Å². The van der Waals surface area contributed by atoms with Crippen molar-refractivity contribution in [3.63, 3.8) is 0 Å². The van der Waals surface area contributed by atoms with Crippen molar-refractivity contribution in [1.82, 2.24) is 4.98 Å². The summed E-state index contributed by atoms with van der Waals surface area (Å²) in [7, 11) is -2.71. The molecule has 1 aromatic heterocycles. The second kappa shape index (κ2) is 7.26. The Labute approximate surface area is 211 Å². The molecule has 0 N–H and O–H groups in total. The molecule has 0 amide bonds. The van der Waals surface area contributed by atoms with E-state index in [1.165, 1.54) is 60.0 Å². The number of benzene rings is 5. The van der Waals surface area contributed by atoms with Gasteiger partial charge in [-0.3, -0.25) is 4.98 Å². The summed E-state index contributed by atoms with van der Waals surface area (Å²) in [6.45, 7) is 0. The second-order valence-electron chi connectivity index (χ2n) is 9.61. The fraction of sp³-hybridized carbons (Fsp3) is 0. The third-order valence-electron chi connectivity index (χ3n) is 7.89. The molecule has 0 fully saturated rings. The topological polar surface area (TPSA) is 16.1 Å². The van der Waals surface area contributed by atoms with Gasteiger partial charge in [-0.25, -0.2) is 0 Å². The summed E-state index contributed by atoms with van der Waals surface area (Å²) in [5.41, 5.74) is 7.66. The average molecular weight is 475 g/mol. The minimum absolute atomic E-state index is 1.19. The highest BCUT2D eigenvalue weighted by molar-refractivity contribution is 7.16. The first-order valence-electron chi connectivity index (χ1n) is 12.4. The largest absolute Gasteiger partial charge is 0.354 e. The minimum Gasteiger partial charge on any atom is -0.354 e. The van der Waals surface area contributed by atoms with Crippen molar-refractivity contribution in [2.45, 2.75) is 0 Å². The summed E-state index contributed by atoms with van der Waals surface area (Å²) in [5, 5.41) is 6.78. The summed E-state index contributed by atoms with van der Waals surface area (Å²) in [6.07, 6.45) is 3.99. The number of fused-ring (bicyclic) bond motifs is 12. The van der Waals surface area contributed by atoms with Gasteiger partial charge in [-0.1, -0.05) is 103 Å². The van der Waals surface area contributed by atoms with E-state index in [4.69, 9.17) is 0 Å². The normalized spacial score (nSPS) is 16.9. The van der Waals surface area contributed by atoms with Crippen LogP contribution in [0.2, 0.25) is 0 Å². The maximum Gasteiger partial charge on any atom is 0.258 e. The van der Waals surface area contributed by atoms with E-state index in [0.29, 0.717) is 0 Å². The molecule has 0 saturated heterocycles. The Kier molecular flexibility index (Phi) is 3.99. The molecular formula is C33H22N2Si. The Bertz CT molecular complexity index is 1810. The van der Waals surface area contributed by atoms with Gasteiger partial charge < -0.3 is 4.57 Å². The molecule has 0 saturated carbocycles. The summed E-state index contributed by atoms with van der Waals surface area (Å²) in [5.74, 6) is 0. The van der Waals surface area contributed by atoms with E-state index in [9.17, 15) is 0 Å². The number of hydrogen-bond acceptors (Lipinski definition) is 2. The van der Waals surface area contributed by atoms with Crippen LogP contribution in [0.15, 0.2) is 134 Å². The average Bonchev–Trinajstić information content (AvgIpc) is 2.96. The van der Waals surface area contributed by atoms with Gasteiger partial charge in [0, 0.05) is 23.0 Å². The molecule has 2 nitrogen and oxygen atoms in total. The molecule has 36 heavy (non-hydrogen) atoms. The van der Waals surface area contributed by atoms with Crippen molar-refractivity contribution in [3.8, 4) is 22.3 Å². The lowest BCUT2D eigenvalue weighted by Crippen LogP contribution is -2.79. The van der Waals surface area contributed by atoms with Gasteiger partial charge in [0.15, 0.2) is 0 Å². The third kappa shape index (κ3) is 2.43. The quantitative estimate of drug-likeness (QED) is 0.272. The third-order valence-corrected chi connectivity index (χ3v) is 12.6. The molecule has 0 spiro atoms. The maximum atomic E-state index is 4.66. The Balaban J connectivity index is 1.63. The van der Waals surface area contributed by atoms with Crippen LogP contribution in [0.25, 0.3) is 33.0 Å². The number of hydrogen-bond donors (Lipinski definition) is 0. The number of aromatic nitrogens is 1. The van der Waals surface area contributed by atoms with Gasteiger partial charge in [-0.05, 0) is 55.7 Å². The van der Waals surface area contributed by atoms with Crippen molar-refractivity contribution in [3.05, 3.63) is 134 Å². The van der Waals surface area contributed by atoms with Gasteiger partial charge in [0.1, 0.15) is 0 Å². The number of pyridine rings is 1. The Morgan fingerprint density at radius 1 is 0.500 bits per heavy atom. The van der Waals surface area contributed by atoms with Gasteiger partial charge >= 0.3 is 0 Å². The molecule has 168 valence electrons. The lowest BCUT2D eigenvalue weighted by Gasteiger charge is -2.52. The predicted octanol–water partition coefficient (Wildman–Crippen LogP) is 6.00. The van der Waals surface area contributed by atoms with Gasteiger partial charge in [0.2, 0.25) is 0 Å². The number of rotatable bonds is 1. The fourth-order valence-corrected chi connectivity index (χ4v) is 11.8. The standard InChI is InChI=1S/C33H22N2Si/c1-2-12-25(13-3-1)36-32-16-8-6-14-27(32)26-18-19-34-22-31(26)35(36)30-21-24-11-5-4-10-23(24)20-29(30)28-15-7-9-17-33(28)36/h1-22H. The smallest absolute Gasteiger partial charge is 0.258 e. The highest BCUT2D eigenvalue weighted by Gasteiger charge is 2.54. The van der Waals surface area contributed by atoms with Gasteiger partial charge in [-0.15, -0.1) is 0 Å². The Morgan fingerprint density at radius 3 is 1.86 bits per heavy atom. The molecular weight excluding hydrogens is 452 g/mol. The number of anilines is 2. The maximum absolute atomic E-state index is 4.66. The first-order chi connectivity index (χ1) is 17.9. The van der Waals surface area contributed by atoms with Crippen LogP contribution in [-0.4, -0.2) is 13.2 Å². The first kappa shape index (κ1) is 19.8. The zero-order chi connectivity index (χ0) is 23.7. The van der Waals surface area contributed by atoms with E-state index in [-0.39, 0.29) is 0 Å². The van der Waals surface area contributed by atoms with Crippen LogP contribution in [0.5, 0.6) is 0 Å². The van der Waals surface area contributed by atoms with E-state index >= 15 is 0 Å². The molecule has 1 unspecified atom stereocenters. The van der Waals surface area contributed by atoms with Crippen LogP contribution in [-0.2, 0) is 0 Å². The van der Waals surface area contributed by atoms with Gasteiger partial charge in [0.25, 0.3) is 8.24 Å². The number of nitrogens with zero attached hydrogens (tertiary/aromatic N) is 2. The lowest BCUT2D eigenvalue weighted by atomic mass is 9.97. The second-order valence-corrected chi connectivity index (χ2v) is 13.1. The minimum atomic E-state index is -2.71. The molecule has 3 heteroatoms. The van der Waals surface area contributed by atoms with Crippen molar-refractivity contribution < 1.29 is 0 Å². The summed E-state index contributed by atoms with van der Waals surface area (Å²) in [6, 6.07) is 45.0. The zero-order valence-electron chi connectivity index (χ0n) is 19.6. The molecule has 1 atom stereocenters. The molecule has 2 aliphatic heterocycles. The Hall–Kier alpha value is -4.47. The SMILES string of the molecule is c1ccc([Si]23c4ccccc4-c4ccncc4N2c2cc4ccccc4cc2-c2ccccc23)cc1. The molecule has 8 rings (SSSR count). The highest BCUT2D eigenvalue weighted by atomic mass is 28.3. The van der Waals surface area contributed by atoms with Crippen LogP contribution in [0, 0.1) is 0 Å². The van der Waals surface area contributed by atoms with Crippen LogP contribution < -0.4 is 20.1 Å². The van der Waals surface area contributed by atoms with Crippen molar-refractivity contribution in [2.24, 2.45) is 0 Å². The molecule has 0 aliphatic carbocycles. The van der Waals surface area contributed by atoms with Gasteiger partial charge in [-0.2, -0.15) is 0 Å². The van der Waals surface area contributed by atoms with E-state index in [1.54, 1.807) is 0 Å². The highest BCUT2D eigenvalue weighted by Crippen LogP contribution is 2.49. The molecule has 3 heterocycles. The van der Waals surface area contributed by atoms with E-state index in [2.05, 4.69) is 137 Å². The molecule has 0 radical (unpaired) electrons. The predicted molar refractivity (Wildman–Crippen MR) is 152 cm³/mol. The first-order valence-corrected chi connectivity index (χ1v) is 14.3. The van der Waals surface area contributed by atoms with Crippen LogP contribution in [0.4, 0.5) is 11.4 Å². The van der Waals surface area contributed by atoms with Crippen molar-refractivity contribution >= 4 is 45.9 Å². The van der Waals surface area contributed by atoms with E-state index in [0.717, 1.165) is 0 Å². The molecule has 5 aromatic carbocycles. The van der Waals surface area contributed by atoms with E-state index < -0.39 is 8.24 Å². The van der Waals surface area contributed by atoms with Crippen LogP contribution >= 0.6 is 0 Å². The summed E-state index contributed by atoms with van der Waals surface area (Å²) < 4.78 is 2.69. The van der Waals surface area contributed by atoms with Crippen LogP contribution in [0.1, 0.15) is 0 Å². The van der Waals surface area contributed by atoms with Crippen LogP contribution in [0.3, 0.4) is 0 Å². The fourth-order valence-electron chi connectivity index (χ4n) is 6.48. The zero-order valence-corrected chi connectivity index (χ0v) is 20.6. The summed E-state index contributed by atoms with van der Waals surface area (Å²) in [4.78, 5) is 4.66. The lowest BCUT2D eigenvalue weighted by molar-refractivity contribution is 1.25. The van der Waals surface area contributed by atoms with Crippen molar-refractivity contribution in [2.75, 3.05) is 4.57 Å². The molecule has 6 aromatic rings. The monoisotopic (exact) mass is 474 g/mol. The van der Waals surface area contributed by atoms with Crippen molar-refractivity contribution in [1.29, 1.82) is 0 Å². The molecule has 2 aliphatic rings. The Morgan fingerprint density at radius 2 is 1.11 bits per heavy atom. The van der Waals surface area contributed by atoms with E-state index in [1.807, 2.05) is 6.20 Å². The summed E-state index contributed by atoms with van der Waals surface area (Å²) >= 11 is 0. The molecule has 0 bridgehead atoms.